The standard InChI is InChI=1S/C21H22N6O2S/c1-26-10-15(8-23-26)14-7-22-20-18(9-24-27(20)11-14)13-6-19(30-12-13)21(29)25-16-2-4-17(28)5-3-16/h6-12,16-17,28H,2-5H2,1H3,(H,25,29). The molecule has 1 amide bonds. The summed E-state index contributed by atoms with van der Waals surface area (Å²) in [4.78, 5) is 17.9. The number of nitrogens with one attached hydrogen (secondary N) is 1. The first-order chi connectivity index (χ1) is 14.6. The van der Waals surface area contributed by atoms with E-state index in [9.17, 15) is 9.90 Å². The van der Waals surface area contributed by atoms with E-state index < -0.39 is 0 Å². The molecule has 30 heavy (non-hydrogen) atoms. The third-order valence-corrected chi connectivity index (χ3v) is 6.49. The first-order valence-electron chi connectivity index (χ1n) is 9.97. The van der Waals surface area contributed by atoms with Crippen LogP contribution in [0.3, 0.4) is 0 Å². The number of amides is 1. The summed E-state index contributed by atoms with van der Waals surface area (Å²) in [5, 5.41) is 23.3. The average Bonchev–Trinajstić information content (AvgIpc) is 3.48. The second-order valence-corrected chi connectivity index (χ2v) is 8.66. The van der Waals surface area contributed by atoms with Crippen LogP contribution in [-0.4, -0.2) is 47.5 Å². The first-order valence-corrected chi connectivity index (χ1v) is 10.8. The molecular formula is C21H22N6O2S. The van der Waals surface area contributed by atoms with Gasteiger partial charge in [0.05, 0.1) is 23.4 Å². The number of thiophene rings is 1. The fourth-order valence-electron chi connectivity index (χ4n) is 3.87. The van der Waals surface area contributed by atoms with E-state index in [0.717, 1.165) is 53.6 Å². The van der Waals surface area contributed by atoms with Gasteiger partial charge in [-0.1, -0.05) is 0 Å². The van der Waals surface area contributed by atoms with Crippen molar-refractivity contribution in [3.05, 3.63) is 47.3 Å². The van der Waals surface area contributed by atoms with E-state index in [0.29, 0.717) is 4.88 Å². The predicted molar refractivity (Wildman–Crippen MR) is 114 cm³/mol. The number of aryl methyl sites for hydroxylation is 1. The number of nitrogens with zero attached hydrogens (tertiary/aromatic N) is 5. The minimum Gasteiger partial charge on any atom is -0.393 e. The van der Waals surface area contributed by atoms with E-state index in [-0.39, 0.29) is 18.1 Å². The summed E-state index contributed by atoms with van der Waals surface area (Å²) in [7, 11) is 1.88. The highest BCUT2D eigenvalue weighted by Gasteiger charge is 2.22. The van der Waals surface area contributed by atoms with E-state index in [1.54, 1.807) is 21.6 Å². The minimum atomic E-state index is -0.228. The lowest BCUT2D eigenvalue weighted by atomic mass is 9.93. The summed E-state index contributed by atoms with van der Waals surface area (Å²) in [6.45, 7) is 0. The number of hydrogen-bond donors (Lipinski definition) is 2. The quantitative estimate of drug-likeness (QED) is 0.527. The molecule has 1 aliphatic rings. The van der Waals surface area contributed by atoms with Crippen molar-refractivity contribution in [2.75, 3.05) is 0 Å². The summed E-state index contributed by atoms with van der Waals surface area (Å²) >= 11 is 1.42. The van der Waals surface area contributed by atoms with Gasteiger partial charge in [0.1, 0.15) is 0 Å². The summed E-state index contributed by atoms with van der Waals surface area (Å²) in [5.74, 6) is -0.0593. The lowest BCUT2D eigenvalue weighted by Crippen LogP contribution is -2.38. The van der Waals surface area contributed by atoms with Crippen molar-refractivity contribution in [1.82, 2.24) is 29.7 Å². The normalized spacial score (nSPS) is 19.3. The van der Waals surface area contributed by atoms with Gasteiger partial charge in [-0.25, -0.2) is 9.50 Å². The Kier molecular flexibility index (Phi) is 4.84. The fraction of sp³-hybridized carbons (Fsp3) is 0.333. The van der Waals surface area contributed by atoms with Crippen LogP contribution >= 0.6 is 11.3 Å². The Labute approximate surface area is 177 Å². The van der Waals surface area contributed by atoms with Crippen LogP contribution in [0, 0.1) is 0 Å². The van der Waals surface area contributed by atoms with Gasteiger partial charge in [-0.15, -0.1) is 11.3 Å². The second-order valence-electron chi connectivity index (χ2n) is 7.75. The molecule has 9 heteroatoms. The predicted octanol–water partition coefficient (Wildman–Crippen LogP) is 2.89. The number of fused-ring (bicyclic) bond motifs is 1. The van der Waals surface area contributed by atoms with Gasteiger partial charge in [0, 0.05) is 48.4 Å². The van der Waals surface area contributed by atoms with E-state index >= 15 is 0 Å². The fourth-order valence-corrected chi connectivity index (χ4v) is 4.68. The highest BCUT2D eigenvalue weighted by atomic mass is 32.1. The van der Waals surface area contributed by atoms with Crippen LogP contribution in [0.25, 0.3) is 27.9 Å². The number of carbonyl (C=O) groups excluding carboxylic acids is 1. The molecule has 2 N–H and O–H groups in total. The molecule has 4 aromatic heterocycles. The lowest BCUT2D eigenvalue weighted by Gasteiger charge is -2.25. The number of carbonyl (C=O) groups is 1. The van der Waals surface area contributed by atoms with E-state index in [4.69, 9.17) is 0 Å². The highest BCUT2D eigenvalue weighted by molar-refractivity contribution is 7.12. The maximum Gasteiger partial charge on any atom is 0.261 e. The van der Waals surface area contributed by atoms with Crippen LogP contribution in [0.5, 0.6) is 0 Å². The largest absolute Gasteiger partial charge is 0.393 e. The van der Waals surface area contributed by atoms with Crippen LogP contribution in [0.1, 0.15) is 35.4 Å². The van der Waals surface area contributed by atoms with Crippen molar-refractivity contribution >= 4 is 22.9 Å². The molecule has 1 fully saturated rings. The molecule has 0 radical (unpaired) electrons. The Balaban J connectivity index is 1.36. The molecule has 1 aliphatic carbocycles. The number of aliphatic hydroxyl groups is 1. The van der Waals surface area contributed by atoms with Gasteiger partial charge in [0.2, 0.25) is 0 Å². The molecule has 154 valence electrons. The monoisotopic (exact) mass is 422 g/mol. The maximum absolute atomic E-state index is 12.6. The van der Waals surface area contributed by atoms with Gasteiger partial charge in [0.25, 0.3) is 5.91 Å². The zero-order chi connectivity index (χ0) is 20.7. The molecule has 0 aromatic carbocycles. The van der Waals surface area contributed by atoms with Gasteiger partial charge in [-0.2, -0.15) is 10.2 Å². The molecule has 0 bridgehead atoms. The average molecular weight is 423 g/mol. The third-order valence-electron chi connectivity index (χ3n) is 5.56. The Hall–Kier alpha value is -3.04. The molecule has 5 rings (SSSR count). The first kappa shape index (κ1) is 19.0. The summed E-state index contributed by atoms with van der Waals surface area (Å²) < 4.78 is 3.50. The zero-order valence-electron chi connectivity index (χ0n) is 16.5. The maximum atomic E-state index is 12.6. The number of hydrogen-bond acceptors (Lipinski definition) is 6. The molecule has 4 aromatic rings. The molecule has 0 unspecified atom stereocenters. The van der Waals surface area contributed by atoms with E-state index in [1.807, 2.05) is 37.1 Å². The lowest BCUT2D eigenvalue weighted by molar-refractivity contribution is 0.0871. The number of aromatic nitrogens is 5. The van der Waals surface area contributed by atoms with Crippen LogP contribution < -0.4 is 5.32 Å². The number of aliphatic hydroxyl groups excluding tert-OH is 1. The van der Waals surface area contributed by atoms with Crippen molar-refractivity contribution in [3.63, 3.8) is 0 Å². The van der Waals surface area contributed by atoms with Crippen LogP contribution in [0.2, 0.25) is 0 Å². The molecule has 4 heterocycles. The topological polar surface area (TPSA) is 97.3 Å². The molecule has 0 saturated heterocycles. The third kappa shape index (κ3) is 3.61. The Morgan fingerprint density at radius 1 is 1.10 bits per heavy atom. The van der Waals surface area contributed by atoms with E-state index in [2.05, 4.69) is 20.5 Å². The van der Waals surface area contributed by atoms with Crippen molar-refractivity contribution < 1.29 is 9.90 Å². The smallest absolute Gasteiger partial charge is 0.261 e. The molecule has 0 atom stereocenters. The summed E-state index contributed by atoms with van der Waals surface area (Å²) in [6.07, 6.45) is 12.2. The van der Waals surface area contributed by atoms with Gasteiger partial charge < -0.3 is 10.4 Å². The molecular weight excluding hydrogens is 400 g/mol. The van der Waals surface area contributed by atoms with Gasteiger partial charge in [-0.3, -0.25) is 9.48 Å². The second kappa shape index (κ2) is 7.66. The van der Waals surface area contributed by atoms with E-state index in [1.165, 1.54) is 11.3 Å². The minimum absolute atomic E-state index is 0.0593. The van der Waals surface area contributed by atoms with Gasteiger partial charge in [-0.05, 0) is 42.7 Å². The Bertz CT molecular complexity index is 1200. The zero-order valence-corrected chi connectivity index (χ0v) is 17.3. The molecule has 0 spiro atoms. The highest BCUT2D eigenvalue weighted by Crippen LogP contribution is 2.29. The Morgan fingerprint density at radius 2 is 1.90 bits per heavy atom. The van der Waals surface area contributed by atoms with Crippen molar-refractivity contribution in [2.45, 2.75) is 37.8 Å². The summed E-state index contributed by atoms with van der Waals surface area (Å²) in [5.41, 5.74) is 4.49. The van der Waals surface area contributed by atoms with Crippen LogP contribution in [0.4, 0.5) is 0 Å². The van der Waals surface area contributed by atoms with Crippen LogP contribution in [0.15, 0.2) is 42.4 Å². The van der Waals surface area contributed by atoms with Crippen molar-refractivity contribution in [2.24, 2.45) is 7.05 Å². The van der Waals surface area contributed by atoms with Crippen molar-refractivity contribution in [3.8, 4) is 22.3 Å². The van der Waals surface area contributed by atoms with Crippen LogP contribution in [-0.2, 0) is 7.05 Å². The molecule has 1 saturated carbocycles. The summed E-state index contributed by atoms with van der Waals surface area (Å²) in [6, 6.07) is 2.03. The number of rotatable bonds is 4. The van der Waals surface area contributed by atoms with Crippen molar-refractivity contribution in [1.29, 1.82) is 0 Å². The molecule has 8 nitrogen and oxygen atoms in total. The van der Waals surface area contributed by atoms with Gasteiger partial charge in [0.15, 0.2) is 5.65 Å². The molecule has 0 aliphatic heterocycles. The van der Waals surface area contributed by atoms with Gasteiger partial charge >= 0.3 is 0 Å². The Morgan fingerprint density at radius 3 is 2.67 bits per heavy atom. The SMILES string of the molecule is Cn1cc(-c2cnc3c(-c4csc(C(=O)NC5CCC(O)CC5)c4)cnn3c2)cn1.